The molecule has 1 saturated heterocycles. The van der Waals surface area contributed by atoms with Gasteiger partial charge in [-0.3, -0.25) is 18.9 Å². The monoisotopic (exact) mass is 404 g/mol. The molecule has 27 heavy (non-hydrogen) atoms. The molecule has 152 valence electrons. The minimum atomic E-state index is -3.50. The zero-order valence-electron chi connectivity index (χ0n) is 15.7. The molecule has 10 nitrogen and oxygen atoms in total. The molecule has 1 aliphatic rings. The molecule has 4 unspecified atom stereocenters. The van der Waals surface area contributed by atoms with Crippen molar-refractivity contribution in [3.63, 3.8) is 0 Å². The van der Waals surface area contributed by atoms with E-state index in [1.165, 1.54) is 19.1 Å². The fourth-order valence-electron chi connectivity index (χ4n) is 2.93. The Kier molecular flexibility index (Phi) is 7.32. The first-order chi connectivity index (χ1) is 12.8. The number of ether oxygens (including phenoxy) is 2. The Labute approximate surface area is 156 Å². The lowest BCUT2D eigenvalue weighted by Crippen LogP contribution is -2.38. The Balaban J connectivity index is 2.36. The van der Waals surface area contributed by atoms with Crippen LogP contribution in [0, 0.1) is 0 Å². The zero-order chi connectivity index (χ0) is 20.2. The highest BCUT2D eigenvalue weighted by Crippen LogP contribution is 2.51. The van der Waals surface area contributed by atoms with E-state index in [-0.39, 0.29) is 13.2 Å². The van der Waals surface area contributed by atoms with E-state index in [1.54, 1.807) is 20.8 Å². The summed E-state index contributed by atoms with van der Waals surface area (Å²) in [5.74, 6) is 1.30. The van der Waals surface area contributed by atoms with Crippen molar-refractivity contribution in [3.05, 3.63) is 44.5 Å². The van der Waals surface area contributed by atoms with Crippen LogP contribution in [0.4, 0.5) is 0 Å². The second-order valence-electron chi connectivity index (χ2n) is 5.90. The summed E-state index contributed by atoms with van der Waals surface area (Å²) in [5, 5.41) is 10.6. The number of aliphatic hydroxyl groups excluding tert-OH is 1. The van der Waals surface area contributed by atoms with Crippen LogP contribution in [0.25, 0.3) is 0 Å². The van der Waals surface area contributed by atoms with E-state index < -0.39 is 43.4 Å². The van der Waals surface area contributed by atoms with Gasteiger partial charge in [0.05, 0.1) is 13.2 Å². The number of nitrogens with zero attached hydrogens (tertiary/aromatic N) is 1. The van der Waals surface area contributed by atoms with Gasteiger partial charge in [0, 0.05) is 25.2 Å². The van der Waals surface area contributed by atoms with Crippen molar-refractivity contribution in [2.24, 2.45) is 0 Å². The van der Waals surface area contributed by atoms with E-state index in [2.05, 4.69) is 4.98 Å². The van der Waals surface area contributed by atoms with E-state index in [0.717, 1.165) is 10.6 Å². The van der Waals surface area contributed by atoms with Crippen LogP contribution < -0.4 is 11.2 Å². The quantitative estimate of drug-likeness (QED) is 0.614. The second kappa shape index (κ2) is 9.09. The summed E-state index contributed by atoms with van der Waals surface area (Å²) in [6.45, 7) is 5.37. The van der Waals surface area contributed by atoms with Gasteiger partial charge in [-0.2, -0.15) is 0 Å². The molecular weight excluding hydrogens is 379 g/mol. The van der Waals surface area contributed by atoms with Crippen molar-refractivity contribution < 1.29 is 28.2 Å². The summed E-state index contributed by atoms with van der Waals surface area (Å²) < 4.78 is 35.4. The molecule has 0 aliphatic carbocycles. The van der Waals surface area contributed by atoms with Crippen LogP contribution in [0.3, 0.4) is 0 Å². The van der Waals surface area contributed by atoms with E-state index in [1.807, 2.05) is 0 Å². The smallest absolute Gasteiger partial charge is 0.354 e. The average Bonchev–Trinajstić information content (AvgIpc) is 2.91. The number of H-pyrrole nitrogens is 1. The third kappa shape index (κ3) is 4.84. The van der Waals surface area contributed by atoms with Crippen LogP contribution in [0.1, 0.15) is 27.0 Å². The Morgan fingerprint density at radius 1 is 1.37 bits per heavy atom. The lowest BCUT2D eigenvalue weighted by Gasteiger charge is -2.19. The predicted molar refractivity (Wildman–Crippen MR) is 96.7 cm³/mol. The van der Waals surface area contributed by atoms with Crippen molar-refractivity contribution in [1.29, 1.82) is 0 Å². The van der Waals surface area contributed by atoms with E-state index in [4.69, 9.17) is 18.5 Å². The van der Waals surface area contributed by atoms with Gasteiger partial charge < -0.3 is 23.6 Å². The predicted octanol–water partition coefficient (Wildman–Crippen LogP) is 0.980. The number of methoxy groups -OCH3 is 1. The number of aromatic nitrogens is 2. The average molecular weight is 404 g/mol. The number of nitrogens with one attached hydrogen (secondary N) is 1. The van der Waals surface area contributed by atoms with Crippen LogP contribution in [0.15, 0.2) is 33.2 Å². The number of rotatable bonds is 8. The van der Waals surface area contributed by atoms with E-state index in [9.17, 15) is 19.3 Å². The molecular formula is C16H25N2O8P. The van der Waals surface area contributed by atoms with Crippen LogP contribution in [-0.4, -0.2) is 53.3 Å². The fraction of sp³-hybridized carbons (Fsp3) is 0.625. The Morgan fingerprint density at radius 2 is 2.00 bits per heavy atom. The summed E-state index contributed by atoms with van der Waals surface area (Å²) >= 11 is 0. The first-order valence-corrected chi connectivity index (χ1v) is 10.1. The molecule has 2 rings (SSSR count). The second-order valence-corrected chi connectivity index (χ2v) is 7.76. The van der Waals surface area contributed by atoms with Gasteiger partial charge >= 0.3 is 13.3 Å². The number of aliphatic hydroxyl groups is 1. The van der Waals surface area contributed by atoms with Gasteiger partial charge in [0.2, 0.25) is 0 Å². The molecule has 2 heterocycles. The maximum Gasteiger partial charge on any atom is 0.354 e. The van der Waals surface area contributed by atoms with E-state index >= 15 is 0 Å². The van der Waals surface area contributed by atoms with Crippen molar-refractivity contribution in [1.82, 2.24) is 9.55 Å². The number of hydrogen-bond acceptors (Lipinski definition) is 8. The molecule has 0 aromatic carbocycles. The highest BCUT2D eigenvalue weighted by Gasteiger charge is 2.46. The SMILES string of the molecule is CCOP(=O)(/C=C(\C)C1OC(n2ccc(=O)[nH]c2=O)C(OC)C1O)OCC. The first kappa shape index (κ1) is 21.7. The molecule has 1 aliphatic heterocycles. The fourth-order valence-corrected chi connectivity index (χ4v) is 4.52. The minimum absolute atomic E-state index is 0.186. The zero-order valence-corrected chi connectivity index (χ0v) is 16.5. The van der Waals surface area contributed by atoms with Crippen molar-refractivity contribution in [2.45, 2.75) is 45.3 Å². The standard InChI is InChI=1S/C16H25N2O8P/c1-5-24-27(22,25-6-2)9-10(3)13-12(20)14(23-4)15(26-13)18-8-7-11(19)17-16(18)21/h7-9,12-15,20H,5-6H2,1-4H3,(H,17,19,21)/b10-9+. The molecule has 0 bridgehead atoms. The normalized spacial score (nSPS) is 26.5. The largest absolute Gasteiger partial charge is 0.387 e. The lowest BCUT2D eigenvalue weighted by atomic mass is 10.1. The topological polar surface area (TPSA) is 129 Å². The molecule has 0 radical (unpaired) electrons. The van der Waals surface area contributed by atoms with Crippen LogP contribution in [0.5, 0.6) is 0 Å². The molecule has 0 spiro atoms. The molecule has 2 N–H and O–H groups in total. The van der Waals surface area contributed by atoms with Gasteiger partial charge in [-0.25, -0.2) is 4.79 Å². The van der Waals surface area contributed by atoms with Crippen LogP contribution >= 0.6 is 7.60 Å². The maximum atomic E-state index is 12.7. The van der Waals surface area contributed by atoms with E-state index in [0.29, 0.717) is 5.57 Å². The highest BCUT2D eigenvalue weighted by atomic mass is 31.2. The molecule has 4 atom stereocenters. The van der Waals surface area contributed by atoms with Gasteiger partial charge in [-0.15, -0.1) is 0 Å². The third-order valence-corrected chi connectivity index (χ3v) is 6.00. The Bertz CT molecular complexity index is 822. The van der Waals surface area contributed by atoms with Gasteiger partial charge in [-0.1, -0.05) is 0 Å². The van der Waals surface area contributed by atoms with Crippen molar-refractivity contribution in [3.8, 4) is 0 Å². The molecule has 1 aromatic heterocycles. The number of aromatic amines is 1. The summed E-state index contributed by atoms with van der Waals surface area (Å²) in [6, 6.07) is 1.16. The lowest BCUT2D eigenvalue weighted by molar-refractivity contribution is -0.0500. The van der Waals surface area contributed by atoms with Gasteiger partial charge in [0.25, 0.3) is 5.56 Å². The maximum absolute atomic E-state index is 12.7. The third-order valence-electron chi connectivity index (χ3n) is 4.04. The highest BCUT2D eigenvalue weighted by molar-refractivity contribution is 7.57. The summed E-state index contributed by atoms with van der Waals surface area (Å²) in [5.41, 5.74) is -0.834. The van der Waals surface area contributed by atoms with Gasteiger partial charge in [-0.05, 0) is 26.3 Å². The Hall–Kier alpha value is -1.55. The molecule has 0 saturated carbocycles. The molecule has 11 heteroatoms. The Morgan fingerprint density at radius 3 is 2.52 bits per heavy atom. The summed E-state index contributed by atoms with van der Waals surface area (Å²) in [6.07, 6.45) is -2.67. The number of hydrogen-bond donors (Lipinski definition) is 2. The molecule has 0 amide bonds. The van der Waals surface area contributed by atoms with Gasteiger partial charge in [0.15, 0.2) is 6.23 Å². The first-order valence-electron chi connectivity index (χ1n) is 8.52. The van der Waals surface area contributed by atoms with Crippen molar-refractivity contribution >= 4 is 7.60 Å². The molecule has 1 fully saturated rings. The van der Waals surface area contributed by atoms with Crippen LogP contribution in [-0.2, 0) is 23.1 Å². The van der Waals surface area contributed by atoms with Crippen molar-refractivity contribution in [2.75, 3.05) is 20.3 Å². The minimum Gasteiger partial charge on any atom is -0.387 e. The van der Waals surface area contributed by atoms with Crippen LogP contribution in [0.2, 0.25) is 0 Å². The summed E-state index contributed by atoms with van der Waals surface area (Å²) in [7, 11) is -2.13. The van der Waals surface area contributed by atoms with Gasteiger partial charge in [0.1, 0.15) is 18.3 Å². The summed E-state index contributed by atoms with van der Waals surface area (Å²) in [4.78, 5) is 25.5. The molecule has 1 aromatic rings.